The summed E-state index contributed by atoms with van der Waals surface area (Å²) in [7, 11) is 3.17. The molecule has 0 radical (unpaired) electrons. The topological polar surface area (TPSA) is 49.0 Å². The second-order valence-electron chi connectivity index (χ2n) is 3.14. The summed E-state index contributed by atoms with van der Waals surface area (Å²) in [4.78, 5) is 4.81. The molecule has 0 amide bonds. The van der Waals surface area contributed by atoms with Crippen LogP contribution in [0.4, 0.5) is 0 Å². The SMILES string of the molecule is CONCc1cc2c(c(Br)c1OC)OCO2. The number of halogens is 1. The Bertz CT molecular complexity index is 397. The van der Waals surface area contributed by atoms with Crippen LogP contribution in [0.5, 0.6) is 17.2 Å². The summed E-state index contributed by atoms with van der Waals surface area (Å²) in [5.41, 5.74) is 3.69. The van der Waals surface area contributed by atoms with E-state index in [9.17, 15) is 0 Å². The molecule has 1 aliphatic heterocycles. The fraction of sp³-hybridized carbons (Fsp3) is 0.400. The van der Waals surface area contributed by atoms with E-state index in [0.29, 0.717) is 23.8 Å². The quantitative estimate of drug-likeness (QED) is 0.857. The lowest BCUT2D eigenvalue weighted by Crippen LogP contribution is -2.11. The number of hydroxylamine groups is 1. The Labute approximate surface area is 102 Å². The van der Waals surface area contributed by atoms with Crippen LogP contribution in [0.1, 0.15) is 5.56 Å². The largest absolute Gasteiger partial charge is 0.495 e. The average molecular weight is 290 g/mol. The molecule has 1 aromatic carbocycles. The number of benzene rings is 1. The van der Waals surface area contributed by atoms with Crippen LogP contribution in [0.3, 0.4) is 0 Å². The van der Waals surface area contributed by atoms with Crippen molar-refractivity contribution >= 4 is 15.9 Å². The van der Waals surface area contributed by atoms with Gasteiger partial charge in [0.1, 0.15) is 10.2 Å². The van der Waals surface area contributed by atoms with E-state index < -0.39 is 0 Å². The molecule has 1 aromatic rings. The maximum absolute atomic E-state index is 5.33. The van der Waals surface area contributed by atoms with Gasteiger partial charge in [0.05, 0.1) is 14.2 Å². The molecule has 1 aliphatic rings. The molecule has 16 heavy (non-hydrogen) atoms. The first-order valence-electron chi connectivity index (χ1n) is 4.68. The molecule has 1 N–H and O–H groups in total. The third-order valence-electron chi connectivity index (χ3n) is 2.25. The van der Waals surface area contributed by atoms with Crippen LogP contribution >= 0.6 is 15.9 Å². The van der Waals surface area contributed by atoms with Crippen LogP contribution in [0, 0.1) is 0 Å². The van der Waals surface area contributed by atoms with E-state index >= 15 is 0 Å². The summed E-state index contributed by atoms with van der Waals surface area (Å²) in [5, 5.41) is 0. The zero-order chi connectivity index (χ0) is 11.5. The van der Waals surface area contributed by atoms with Gasteiger partial charge < -0.3 is 19.0 Å². The summed E-state index contributed by atoms with van der Waals surface area (Å²) in [5.74, 6) is 2.10. The lowest BCUT2D eigenvalue weighted by atomic mass is 10.2. The van der Waals surface area contributed by atoms with Gasteiger partial charge in [0.25, 0.3) is 0 Å². The van der Waals surface area contributed by atoms with E-state index in [4.69, 9.17) is 19.0 Å². The maximum Gasteiger partial charge on any atom is 0.231 e. The van der Waals surface area contributed by atoms with Crippen LogP contribution in [0.15, 0.2) is 10.5 Å². The van der Waals surface area contributed by atoms with Crippen molar-refractivity contribution in [3.05, 3.63) is 16.1 Å². The maximum atomic E-state index is 5.33. The molecular weight excluding hydrogens is 278 g/mol. The van der Waals surface area contributed by atoms with Gasteiger partial charge in [-0.1, -0.05) is 0 Å². The molecule has 0 unspecified atom stereocenters. The molecule has 0 bridgehead atoms. The van der Waals surface area contributed by atoms with E-state index in [1.807, 2.05) is 6.07 Å². The number of ether oxygens (including phenoxy) is 3. The molecule has 5 nitrogen and oxygen atoms in total. The van der Waals surface area contributed by atoms with Crippen molar-refractivity contribution in [3.8, 4) is 17.2 Å². The minimum absolute atomic E-state index is 0.234. The molecule has 0 atom stereocenters. The number of fused-ring (bicyclic) bond motifs is 1. The molecule has 1 heterocycles. The van der Waals surface area contributed by atoms with Crippen molar-refractivity contribution in [1.82, 2.24) is 5.48 Å². The molecule has 0 saturated heterocycles. The van der Waals surface area contributed by atoms with Gasteiger partial charge in [0.15, 0.2) is 11.5 Å². The van der Waals surface area contributed by atoms with Gasteiger partial charge in [-0.2, -0.15) is 5.48 Å². The second kappa shape index (κ2) is 4.90. The third kappa shape index (κ3) is 1.95. The van der Waals surface area contributed by atoms with E-state index in [1.54, 1.807) is 14.2 Å². The van der Waals surface area contributed by atoms with Gasteiger partial charge in [-0.15, -0.1) is 0 Å². The molecule has 2 rings (SSSR count). The lowest BCUT2D eigenvalue weighted by molar-refractivity contribution is 0.0860. The Morgan fingerprint density at radius 2 is 2.25 bits per heavy atom. The van der Waals surface area contributed by atoms with Crippen molar-refractivity contribution in [2.45, 2.75) is 6.54 Å². The van der Waals surface area contributed by atoms with Crippen LogP contribution in [0.2, 0.25) is 0 Å². The predicted molar refractivity (Wildman–Crippen MR) is 60.7 cm³/mol. The minimum atomic E-state index is 0.234. The molecule has 0 aliphatic carbocycles. The molecule has 0 aromatic heterocycles. The first-order valence-corrected chi connectivity index (χ1v) is 5.48. The monoisotopic (exact) mass is 289 g/mol. The first kappa shape index (κ1) is 11.5. The number of nitrogens with one attached hydrogen (secondary N) is 1. The van der Waals surface area contributed by atoms with Crippen molar-refractivity contribution < 1.29 is 19.0 Å². The number of hydrogen-bond donors (Lipinski definition) is 1. The molecule has 0 spiro atoms. The Balaban J connectivity index is 2.39. The Hall–Kier alpha value is -0.980. The van der Waals surface area contributed by atoms with Crippen LogP contribution in [-0.2, 0) is 11.4 Å². The minimum Gasteiger partial charge on any atom is -0.495 e. The van der Waals surface area contributed by atoms with Gasteiger partial charge in [-0.25, -0.2) is 0 Å². The molecule has 0 saturated carbocycles. The van der Waals surface area contributed by atoms with Gasteiger partial charge in [-0.3, -0.25) is 0 Å². The summed E-state index contributed by atoms with van der Waals surface area (Å²) < 4.78 is 16.7. The molecular formula is C10H12BrNO4. The second-order valence-corrected chi connectivity index (χ2v) is 3.93. The number of methoxy groups -OCH3 is 1. The normalized spacial score (nSPS) is 12.9. The lowest BCUT2D eigenvalue weighted by Gasteiger charge is -2.12. The highest BCUT2D eigenvalue weighted by atomic mass is 79.9. The number of hydrogen-bond acceptors (Lipinski definition) is 5. The smallest absolute Gasteiger partial charge is 0.231 e. The van der Waals surface area contributed by atoms with Crippen LogP contribution in [-0.4, -0.2) is 21.0 Å². The van der Waals surface area contributed by atoms with Crippen molar-refractivity contribution in [2.24, 2.45) is 0 Å². The van der Waals surface area contributed by atoms with Gasteiger partial charge in [-0.05, 0) is 22.0 Å². The van der Waals surface area contributed by atoms with Gasteiger partial charge in [0, 0.05) is 12.1 Å². The highest BCUT2D eigenvalue weighted by molar-refractivity contribution is 9.10. The van der Waals surface area contributed by atoms with Crippen molar-refractivity contribution in [1.29, 1.82) is 0 Å². The Morgan fingerprint density at radius 3 is 2.94 bits per heavy atom. The van der Waals surface area contributed by atoms with E-state index in [0.717, 1.165) is 10.0 Å². The van der Waals surface area contributed by atoms with Crippen molar-refractivity contribution in [3.63, 3.8) is 0 Å². The molecule has 6 heteroatoms. The number of rotatable bonds is 4. The highest BCUT2D eigenvalue weighted by Crippen LogP contribution is 2.46. The first-order chi connectivity index (χ1) is 7.77. The summed E-state index contributed by atoms with van der Waals surface area (Å²) in [6.45, 7) is 0.757. The van der Waals surface area contributed by atoms with E-state index in [1.165, 1.54) is 0 Å². The highest BCUT2D eigenvalue weighted by Gasteiger charge is 2.23. The fourth-order valence-electron chi connectivity index (χ4n) is 1.54. The average Bonchev–Trinajstić information content (AvgIpc) is 2.75. The summed E-state index contributed by atoms with van der Waals surface area (Å²) >= 11 is 3.44. The standard InChI is InChI=1S/C10H12BrNO4/c1-13-9-6(4-12-14-2)3-7-10(8(9)11)16-5-15-7/h3,12H,4-5H2,1-2H3. The Morgan fingerprint density at radius 1 is 1.44 bits per heavy atom. The van der Waals surface area contributed by atoms with Gasteiger partial charge in [0.2, 0.25) is 6.79 Å². The zero-order valence-corrected chi connectivity index (χ0v) is 10.6. The van der Waals surface area contributed by atoms with Crippen LogP contribution in [0.25, 0.3) is 0 Å². The third-order valence-corrected chi connectivity index (χ3v) is 2.97. The van der Waals surface area contributed by atoms with Crippen LogP contribution < -0.4 is 19.7 Å². The van der Waals surface area contributed by atoms with Gasteiger partial charge >= 0.3 is 0 Å². The van der Waals surface area contributed by atoms with E-state index in [-0.39, 0.29) is 6.79 Å². The fourth-order valence-corrected chi connectivity index (χ4v) is 2.26. The zero-order valence-electron chi connectivity index (χ0n) is 9.00. The molecule has 88 valence electrons. The molecule has 0 fully saturated rings. The summed E-state index contributed by atoms with van der Waals surface area (Å²) in [6, 6.07) is 1.87. The van der Waals surface area contributed by atoms with Crippen molar-refractivity contribution in [2.75, 3.05) is 21.0 Å². The predicted octanol–water partition coefficient (Wildman–Crippen LogP) is 1.84. The summed E-state index contributed by atoms with van der Waals surface area (Å²) in [6.07, 6.45) is 0. The van der Waals surface area contributed by atoms with E-state index in [2.05, 4.69) is 21.4 Å². The Kier molecular flexibility index (Phi) is 3.52.